The summed E-state index contributed by atoms with van der Waals surface area (Å²) in [6.45, 7) is 3.80. The lowest BCUT2D eigenvalue weighted by molar-refractivity contribution is -0.138. The number of alkyl carbamates (subject to hydrolysis) is 1. The summed E-state index contributed by atoms with van der Waals surface area (Å²) in [7, 11) is 5.01. The van der Waals surface area contributed by atoms with Gasteiger partial charge in [0.2, 0.25) is 11.8 Å². The second kappa shape index (κ2) is 11.4. The molecule has 2 N–H and O–H groups in total. The van der Waals surface area contributed by atoms with Crippen LogP contribution in [0.5, 0.6) is 0 Å². The molecular formula is C25H35N5O6. The fourth-order valence-corrected chi connectivity index (χ4v) is 4.76. The van der Waals surface area contributed by atoms with E-state index in [0.717, 1.165) is 5.69 Å². The normalized spacial score (nSPS) is 19.7. The molecule has 2 saturated heterocycles. The minimum atomic E-state index is -0.802. The van der Waals surface area contributed by atoms with Gasteiger partial charge in [-0.05, 0) is 43.0 Å². The van der Waals surface area contributed by atoms with Crippen LogP contribution < -0.4 is 15.5 Å². The molecule has 4 amide bonds. The van der Waals surface area contributed by atoms with Crippen LogP contribution >= 0.6 is 0 Å². The zero-order valence-corrected chi connectivity index (χ0v) is 21.4. The number of fused-ring (bicyclic) bond motifs is 1. The second-order valence-corrected chi connectivity index (χ2v) is 9.76. The van der Waals surface area contributed by atoms with E-state index in [-0.39, 0.29) is 36.6 Å². The molecule has 11 nitrogen and oxygen atoms in total. The highest BCUT2D eigenvalue weighted by Crippen LogP contribution is 2.30. The van der Waals surface area contributed by atoms with Gasteiger partial charge in [-0.2, -0.15) is 0 Å². The summed E-state index contributed by atoms with van der Waals surface area (Å²) in [5.41, 5.74) is 1.39. The molecule has 0 saturated carbocycles. The molecule has 0 bridgehead atoms. The number of ether oxygens (including phenoxy) is 1. The van der Waals surface area contributed by atoms with E-state index in [1.54, 1.807) is 12.1 Å². The number of amides is 4. The predicted octanol–water partition coefficient (Wildman–Crippen LogP) is 0.634. The first kappa shape index (κ1) is 27.0. The number of carbonyl (C=O) groups excluding carboxylic acids is 5. The number of likely N-dealkylation sites (tertiary alicyclic amines) is 2. The summed E-state index contributed by atoms with van der Waals surface area (Å²) in [5, 5.41) is 5.19. The van der Waals surface area contributed by atoms with Gasteiger partial charge in [-0.25, -0.2) is 4.79 Å². The van der Waals surface area contributed by atoms with E-state index in [4.69, 9.17) is 0 Å². The Kier molecular flexibility index (Phi) is 8.54. The monoisotopic (exact) mass is 501 g/mol. The summed E-state index contributed by atoms with van der Waals surface area (Å²) in [4.78, 5) is 68.2. The molecule has 3 rings (SSSR count). The summed E-state index contributed by atoms with van der Waals surface area (Å²) in [6.07, 6.45) is 0.117. The number of nitrogens with one attached hydrogen (secondary N) is 2. The number of rotatable bonds is 8. The van der Waals surface area contributed by atoms with E-state index in [2.05, 4.69) is 15.4 Å². The van der Waals surface area contributed by atoms with Crippen LogP contribution in [0, 0.1) is 5.92 Å². The minimum Gasteiger partial charge on any atom is -0.453 e. The second-order valence-electron chi connectivity index (χ2n) is 9.76. The summed E-state index contributed by atoms with van der Waals surface area (Å²) in [6, 6.07) is 5.06. The Balaban J connectivity index is 1.71. The van der Waals surface area contributed by atoms with Crippen LogP contribution in [-0.4, -0.2) is 98.4 Å². The highest BCUT2D eigenvalue weighted by atomic mass is 16.5. The third-order valence-corrected chi connectivity index (χ3v) is 6.55. The van der Waals surface area contributed by atoms with Gasteiger partial charge in [0.25, 0.3) is 5.91 Å². The van der Waals surface area contributed by atoms with E-state index in [1.807, 2.05) is 45.0 Å². The Morgan fingerprint density at radius 2 is 1.78 bits per heavy atom. The van der Waals surface area contributed by atoms with Crippen molar-refractivity contribution in [3.63, 3.8) is 0 Å². The maximum absolute atomic E-state index is 13.6. The summed E-state index contributed by atoms with van der Waals surface area (Å²) >= 11 is 0. The molecule has 0 radical (unpaired) electrons. The lowest BCUT2D eigenvalue weighted by Crippen LogP contribution is -2.53. The maximum Gasteiger partial charge on any atom is 0.407 e. The van der Waals surface area contributed by atoms with Gasteiger partial charge in [-0.1, -0.05) is 13.8 Å². The van der Waals surface area contributed by atoms with Gasteiger partial charge < -0.3 is 30.1 Å². The van der Waals surface area contributed by atoms with Gasteiger partial charge in [0.15, 0.2) is 5.78 Å². The highest BCUT2D eigenvalue weighted by molar-refractivity contribution is 6.01. The van der Waals surface area contributed by atoms with Crippen molar-refractivity contribution in [2.45, 2.75) is 44.8 Å². The van der Waals surface area contributed by atoms with Crippen molar-refractivity contribution in [3.8, 4) is 0 Å². The quantitative estimate of drug-likeness (QED) is 0.535. The number of nitrogens with zero attached hydrogens (tertiary/aromatic N) is 3. The van der Waals surface area contributed by atoms with Crippen LogP contribution in [0.1, 0.15) is 37.0 Å². The first-order valence-electron chi connectivity index (χ1n) is 12.1. The molecule has 0 aliphatic carbocycles. The smallest absolute Gasteiger partial charge is 0.407 e. The number of hydrogen-bond acceptors (Lipinski definition) is 7. The van der Waals surface area contributed by atoms with Crippen LogP contribution in [0.15, 0.2) is 24.3 Å². The molecule has 1 aromatic carbocycles. The van der Waals surface area contributed by atoms with Gasteiger partial charge in [0, 0.05) is 31.9 Å². The van der Waals surface area contributed by atoms with Crippen LogP contribution in [0.3, 0.4) is 0 Å². The van der Waals surface area contributed by atoms with E-state index >= 15 is 0 Å². The van der Waals surface area contributed by atoms with Gasteiger partial charge >= 0.3 is 6.09 Å². The van der Waals surface area contributed by atoms with Gasteiger partial charge in [0.1, 0.15) is 18.6 Å². The summed E-state index contributed by atoms with van der Waals surface area (Å²) < 4.78 is 4.48. The van der Waals surface area contributed by atoms with Crippen molar-refractivity contribution in [1.29, 1.82) is 0 Å². The third-order valence-electron chi connectivity index (χ3n) is 6.55. The van der Waals surface area contributed by atoms with Gasteiger partial charge in [-0.3, -0.25) is 19.2 Å². The first-order valence-corrected chi connectivity index (χ1v) is 12.1. The molecule has 2 heterocycles. The molecule has 196 valence electrons. The lowest BCUT2D eigenvalue weighted by atomic mass is 10.0. The van der Waals surface area contributed by atoms with E-state index < -0.39 is 30.1 Å². The number of ketones is 1. The summed E-state index contributed by atoms with van der Waals surface area (Å²) in [5.74, 6) is -1.21. The number of Topliss-reactive ketones (excluding diaryl/α,β-unsaturated/α-hetero) is 1. The van der Waals surface area contributed by atoms with Crippen molar-refractivity contribution >= 4 is 35.3 Å². The van der Waals surface area contributed by atoms with Crippen molar-refractivity contribution in [2.24, 2.45) is 5.92 Å². The lowest BCUT2D eigenvalue weighted by Gasteiger charge is -2.29. The molecule has 2 aliphatic heterocycles. The SMILES string of the molecule is COC(=O)NCC(=O)N1CC(=O)C2C1CCN2C(=O)C(CC(C)C)NC(=O)c1ccc(N(C)C)cc1. The van der Waals surface area contributed by atoms with Crippen LogP contribution in [0.25, 0.3) is 0 Å². The van der Waals surface area contributed by atoms with Crippen molar-refractivity contribution in [3.05, 3.63) is 29.8 Å². The highest BCUT2D eigenvalue weighted by Gasteiger charge is 2.52. The van der Waals surface area contributed by atoms with Crippen LogP contribution in [0.4, 0.5) is 10.5 Å². The number of benzene rings is 1. The van der Waals surface area contributed by atoms with Crippen molar-refractivity contribution < 1.29 is 28.7 Å². The molecule has 3 unspecified atom stereocenters. The standard InChI is InChI=1S/C25H35N5O6/c1-15(2)12-18(27-23(33)16-6-8-17(9-7-16)28(3)4)24(34)29-11-10-19-22(29)20(31)14-30(19)21(32)13-26-25(35)36-5/h6-9,15,18-19,22H,10-14H2,1-5H3,(H,26,35)(H,27,33). The molecule has 1 aromatic rings. The number of anilines is 1. The Morgan fingerprint density at radius 3 is 2.36 bits per heavy atom. The maximum atomic E-state index is 13.6. The Morgan fingerprint density at radius 1 is 1.11 bits per heavy atom. The fourth-order valence-electron chi connectivity index (χ4n) is 4.76. The molecule has 2 aliphatic rings. The Labute approximate surface area is 211 Å². The molecule has 36 heavy (non-hydrogen) atoms. The average molecular weight is 502 g/mol. The van der Waals surface area contributed by atoms with Crippen LogP contribution in [0.2, 0.25) is 0 Å². The first-order chi connectivity index (χ1) is 17.0. The zero-order chi connectivity index (χ0) is 26.6. The topological polar surface area (TPSA) is 128 Å². The molecule has 2 fully saturated rings. The van der Waals surface area contributed by atoms with E-state index in [0.29, 0.717) is 24.9 Å². The number of methoxy groups -OCH3 is 1. The predicted molar refractivity (Wildman–Crippen MR) is 133 cm³/mol. The molecule has 3 atom stereocenters. The van der Waals surface area contributed by atoms with Crippen molar-refractivity contribution in [1.82, 2.24) is 20.4 Å². The number of hydrogen-bond donors (Lipinski definition) is 2. The van der Waals surface area contributed by atoms with E-state index in [1.165, 1.54) is 16.9 Å². The van der Waals surface area contributed by atoms with Gasteiger partial charge in [-0.15, -0.1) is 0 Å². The fraction of sp³-hybridized carbons (Fsp3) is 0.560. The minimum absolute atomic E-state index is 0.121. The molecule has 0 aromatic heterocycles. The van der Waals surface area contributed by atoms with Crippen LogP contribution in [-0.2, 0) is 19.1 Å². The molecule has 11 heteroatoms. The van der Waals surface area contributed by atoms with E-state index in [9.17, 15) is 24.0 Å². The Hall–Kier alpha value is -3.63. The number of carbonyl (C=O) groups is 5. The Bertz CT molecular complexity index is 1010. The molecular weight excluding hydrogens is 466 g/mol. The largest absolute Gasteiger partial charge is 0.453 e. The molecule has 0 spiro atoms. The third kappa shape index (κ3) is 5.95. The van der Waals surface area contributed by atoms with Crippen molar-refractivity contribution in [2.75, 3.05) is 45.7 Å². The zero-order valence-electron chi connectivity index (χ0n) is 21.4. The average Bonchev–Trinajstić information content (AvgIpc) is 3.42. The van der Waals surface area contributed by atoms with Gasteiger partial charge in [0.05, 0.1) is 19.7 Å².